The maximum Gasteiger partial charge on any atom is 0.274 e. The van der Waals surface area contributed by atoms with E-state index in [1.807, 2.05) is 0 Å². The van der Waals surface area contributed by atoms with Gasteiger partial charge in [0.1, 0.15) is 5.82 Å². The number of nitrogens with two attached hydrogens (primary N) is 1. The second kappa shape index (κ2) is 4.67. The van der Waals surface area contributed by atoms with Crippen molar-refractivity contribution >= 4 is 11.5 Å². The number of hydrogen-bond donors (Lipinski definition) is 1. The van der Waals surface area contributed by atoms with E-state index in [2.05, 4.69) is 16.8 Å². The van der Waals surface area contributed by atoms with Gasteiger partial charge >= 0.3 is 0 Å². The van der Waals surface area contributed by atoms with Crippen LogP contribution in [0.15, 0.2) is 18.3 Å². The summed E-state index contributed by atoms with van der Waals surface area (Å²) in [7, 11) is 0. The molecule has 2 atom stereocenters. The van der Waals surface area contributed by atoms with Crippen molar-refractivity contribution in [1.29, 1.82) is 0 Å². The van der Waals surface area contributed by atoms with E-state index in [0.717, 1.165) is 19.4 Å². The summed E-state index contributed by atoms with van der Waals surface area (Å²) in [5, 5.41) is 10.7. The van der Waals surface area contributed by atoms with Gasteiger partial charge in [-0.05, 0) is 19.8 Å². The Kier molecular flexibility index (Phi) is 3.23. The maximum absolute atomic E-state index is 10.7. The zero-order valence-electron chi connectivity index (χ0n) is 9.74. The molecule has 2 N–H and O–H groups in total. The predicted octanol–water partition coefficient (Wildman–Crippen LogP) is 1.31. The van der Waals surface area contributed by atoms with Crippen molar-refractivity contribution in [1.82, 2.24) is 4.98 Å². The lowest BCUT2D eigenvalue weighted by Crippen LogP contribution is -2.45. The van der Waals surface area contributed by atoms with Gasteiger partial charge in [-0.25, -0.2) is 4.98 Å². The summed E-state index contributed by atoms with van der Waals surface area (Å²) in [6.45, 7) is 2.87. The standard InChI is InChI=1S/C11H16N4O2/c1-8-6-9(12)3-5-14(8)11-7-10(15(16)17)2-4-13-11/h2,4,7-9H,3,5-6,12H2,1H3. The molecule has 6 heteroatoms. The molecule has 2 rings (SSSR count). The molecule has 2 heterocycles. The van der Waals surface area contributed by atoms with E-state index in [4.69, 9.17) is 5.73 Å². The molecule has 0 bridgehead atoms. The highest BCUT2D eigenvalue weighted by Gasteiger charge is 2.25. The molecular weight excluding hydrogens is 220 g/mol. The molecular formula is C11H16N4O2. The number of rotatable bonds is 2. The number of pyridine rings is 1. The van der Waals surface area contributed by atoms with E-state index >= 15 is 0 Å². The molecule has 1 aliphatic heterocycles. The molecule has 0 radical (unpaired) electrons. The van der Waals surface area contributed by atoms with Gasteiger partial charge in [0, 0.05) is 30.9 Å². The van der Waals surface area contributed by atoms with Gasteiger partial charge in [-0.15, -0.1) is 0 Å². The van der Waals surface area contributed by atoms with Crippen molar-refractivity contribution in [3.8, 4) is 0 Å². The quantitative estimate of drug-likeness (QED) is 0.618. The Morgan fingerprint density at radius 1 is 1.65 bits per heavy atom. The van der Waals surface area contributed by atoms with Crippen LogP contribution < -0.4 is 10.6 Å². The molecule has 0 saturated carbocycles. The maximum atomic E-state index is 10.7. The molecule has 0 amide bonds. The number of aromatic nitrogens is 1. The van der Waals surface area contributed by atoms with Gasteiger partial charge in [-0.3, -0.25) is 10.1 Å². The Morgan fingerprint density at radius 3 is 3.06 bits per heavy atom. The third-order valence-electron chi connectivity index (χ3n) is 3.15. The van der Waals surface area contributed by atoms with E-state index in [1.54, 1.807) is 0 Å². The minimum absolute atomic E-state index is 0.0806. The Bertz CT molecular complexity index is 424. The predicted molar refractivity (Wildman–Crippen MR) is 64.9 cm³/mol. The average molecular weight is 236 g/mol. The summed E-state index contributed by atoms with van der Waals surface area (Å²) in [4.78, 5) is 16.6. The van der Waals surface area contributed by atoms with Crippen LogP contribution in [-0.4, -0.2) is 28.5 Å². The lowest BCUT2D eigenvalue weighted by molar-refractivity contribution is -0.384. The molecule has 1 aromatic heterocycles. The Morgan fingerprint density at radius 2 is 2.41 bits per heavy atom. The van der Waals surface area contributed by atoms with Gasteiger partial charge in [-0.2, -0.15) is 0 Å². The minimum Gasteiger partial charge on any atom is -0.354 e. The fourth-order valence-corrected chi connectivity index (χ4v) is 2.23. The van der Waals surface area contributed by atoms with Crippen LogP contribution in [0.2, 0.25) is 0 Å². The molecule has 1 aliphatic rings. The number of nitrogens with zero attached hydrogens (tertiary/aromatic N) is 3. The van der Waals surface area contributed by atoms with Crippen molar-refractivity contribution in [2.24, 2.45) is 5.73 Å². The fraction of sp³-hybridized carbons (Fsp3) is 0.545. The van der Waals surface area contributed by atoms with Gasteiger partial charge in [0.15, 0.2) is 0 Å². The third kappa shape index (κ3) is 2.52. The molecule has 1 aromatic rings. The minimum atomic E-state index is -0.397. The van der Waals surface area contributed by atoms with E-state index in [0.29, 0.717) is 5.82 Å². The Balaban J connectivity index is 2.22. The van der Waals surface area contributed by atoms with Crippen LogP contribution in [0.25, 0.3) is 0 Å². The SMILES string of the molecule is CC1CC(N)CCN1c1cc([N+](=O)[O-])ccn1. The second-order valence-corrected chi connectivity index (χ2v) is 4.46. The molecule has 1 fully saturated rings. The first kappa shape index (κ1) is 11.8. The monoisotopic (exact) mass is 236 g/mol. The number of hydrogen-bond acceptors (Lipinski definition) is 5. The number of nitro groups is 1. The van der Waals surface area contributed by atoms with E-state index in [-0.39, 0.29) is 17.8 Å². The molecule has 2 unspecified atom stereocenters. The highest BCUT2D eigenvalue weighted by Crippen LogP contribution is 2.24. The first-order valence-corrected chi connectivity index (χ1v) is 5.70. The molecule has 6 nitrogen and oxygen atoms in total. The van der Waals surface area contributed by atoms with Crippen molar-refractivity contribution in [2.75, 3.05) is 11.4 Å². The summed E-state index contributed by atoms with van der Waals surface area (Å²) in [6, 6.07) is 3.42. The number of piperidine rings is 1. The van der Waals surface area contributed by atoms with Crippen LogP contribution >= 0.6 is 0 Å². The normalized spacial score (nSPS) is 24.7. The molecule has 17 heavy (non-hydrogen) atoms. The smallest absolute Gasteiger partial charge is 0.274 e. The van der Waals surface area contributed by atoms with Crippen LogP contribution in [0.3, 0.4) is 0 Å². The van der Waals surface area contributed by atoms with Crippen molar-refractivity contribution < 1.29 is 4.92 Å². The van der Waals surface area contributed by atoms with Gasteiger partial charge < -0.3 is 10.6 Å². The van der Waals surface area contributed by atoms with Gasteiger partial charge in [-0.1, -0.05) is 0 Å². The van der Waals surface area contributed by atoms with Crippen LogP contribution in [0.5, 0.6) is 0 Å². The first-order chi connectivity index (χ1) is 8.08. The topological polar surface area (TPSA) is 85.3 Å². The van der Waals surface area contributed by atoms with E-state index < -0.39 is 4.92 Å². The highest BCUT2D eigenvalue weighted by atomic mass is 16.6. The highest BCUT2D eigenvalue weighted by molar-refractivity contribution is 5.47. The molecule has 0 aromatic carbocycles. The molecule has 0 aliphatic carbocycles. The van der Waals surface area contributed by atoms with Crippen molar-refractivity contribution in [3.05, 3.63) is 28.4 Å². The zero-order chi connectivity index (χ0) is 12.4. The van der Waals surface area contributed by atoms with Crippen LogP contribution in [0, 0.1) is 10.1 Å². The second-order valence-electron chi connectivity index (χ2n) is 4.46. The van der Waals surface area contributed by atoms with Crippen LogP contribution in [0.4, 0.5) is 11.5 Å². The molecule has 0 spiro atoms. The summed E-state index contributed by atoms with van der Waals surface area (Å²) in [5.74, 6) is 0.665. The lowest BCUT2D eigenvalue weighted by Gasteiger charge is -2.37. The lowest BCUT2D eigenvalue weighted by atomic mass is 9.99. The Labute approximate surface area is 99.6 Å². The summed E-state index contributed by atoms with van der Waals surface area (Å²) in [5.41, 5.74) is 5.97. The van der Waals surface area contributed by atoms with Gasteiger partial charge in [0.2, 0.25) is 0 Å². The largest absolute Gasteiger partial charge is 0.354 e. The summed E-state index contributed by atoms with van der Waals surface area (Å²) in [6.07, 6.45) is 3.27. The molecule has 1 saturated heterocycles. The Hall–Kier alpha value is -1.69. The third-order valence-corrected chi connectivity index (χ3v) is 3.15. The average Bonchev–Trinajstić information content (AvgIpc) is 2.29. The zero-order valence-corrected chi connectivity index (χ0v) is 9.74. The van der Waals surface area contributed by atoms with Gasteiger partial charge in [0.05, 0.1) is 11.0 Å². The van der Waals surface area contributed by atoms with E-state index in [1.165, 1.54) is 18.3 Å². The summed E-state index contributed by atoms with van der Waals surface area (Å²) < 4.78 is 0. The molecule has 92 valence electrons. The van der Waals surface area contributed by atoms with Crippen molar-refractivity contribution in [3.63, 3.8) is 0 Å². The first-order valence-electron chi connectivity index (χ1n) is 5.70. The van der Waals surface area contributed by atoms with Gasteiger partial charge in [0.25, 0.3) is 5.69 Å². The summed E-state index contributed by atoms with van der Waals surface area (Å²) >= 11 is 0. The van der Waals surface area contributed by atoms with Crippen LogP contribution in [-0.2, 0) is 0 Å². The van der Waals surface area contributed by atoms with Crippen molar-refractivity contribution in [2.45, 2.75) is 31.8 Å². The fourth-order valence-electron chi connectivity index (χ4n) is 2.23. The van der Waals surface area contributed by atoms with Crippen LogP contribution in [0.1, 0.15) is 19.8 Å². The van der Waals surface area contributed by atoms with E-state index in [9.17, 15) is 10.1 Å². The number of anilines is 1.